The van der Waals surface area contributed by atoms with Crippen LogP contribution in [-0.2, 0) is 4.79 Å². The number of hydrogen-bond acceptors (Lipinski definition) is 5. The van der Waals surface area contributed by atoms with Gasteiger partial charge in [0.15, 0.2) is 0 Å². The summed E-state index contributed by atoms with van der Waals surface area (Å²) >= 11 is 12.6. The van der Waals surface area contributed by atoms with Gasteiger partial charge in [-0.1, -0.05) is 40.9 Å². The van der Waals surface area contributed by atoms with Gasteiger partial charge in [0.25, 0.3) is 11.1 Å². The van der Waals surface area contributed by atoms with Gasteiger partial charge in [-0.05, 0) is 49.0 Å². The molecule has 27 heavy (non-hydrogen) atoms. The van der Waals surface area contributed by atoms with Crippen molar-refractivity contribution in [2.75, 3.05) is 13.2 Å². The monoisotopic (exact) mass is 423 g/mol. The van der Waals surface area contributed by atoms with Crippen molar-refractivity contribution in [3.63, 3.8) is 0 Å². The first kappa shape index (κ1) is 19.6. The van der Waals surface area contributed by atoms with Crippen LogP contribution in [0.4, 0.5) is 4.79 Å². The lowest BCUT2D eigenvalue weighted by molar-refractivity contribution is -0.123. The molecule has 1 N–H and O–H groups in total. The topological polar surface area (TPSA) is 66.8 Å². The van der Waals surface area contributed by atoms with E-state index in [2.05, 4.69) is 0 Å². The van der Waals surface area contributed by atoms with Crippen molar-refractivity contribution in [1.29, 1.82) is 0 Å². The second-order valence-electron chi connectivity index (χ2n) is 5.82. The number of nitrogens with zero attached hydrogens (tertiary/aromatic N) is 1. The Balaban J connectivity index is 1.69. The summed E-state index contributed by atoms with van der Waals surface area (Å²) in [5.74, 6) is 0.0187. The molecule has 0 spiro atoms. The zero-order valence-electron chi connectivity index (χ0n) is 14.2. The van der Waals surface area contributed by atoms with Gasteiger partial charge in [0, 0.05) is 10.6 Å². The molecule has 1 aliphatic rings. The number of amides is 2. The Morgan fingerprint density at radius 2 is 1.89 bits per heavy atom. The molecule has 0 saturated carbocycles. The Morgan fingerprint density at radius 1 is 1.19 bits per heavy atom. The molecule has 5 nitrogen and oxygen atoms in total. The molecule has 2 amide bonds. The van der Waals surface area contributed by atoms with Crippen LogP contribution in [0.1, 0.15) is 11.1 Å². The van der Waals surface area contributed by atoms with Crippen LogP contribution >= 0.6 is 35.0 Å². The summed E-state index contributed by atoms with van der Waals surface area (Å²) in [6, 6.07) is 10.4. The third-order valence-electron chi connectivity index (χ3n) is 3.82. The number of rotatable bonds is 5. The molecule has 1 aliphatic heterocycles. The van der Waals surface area contributed by atoms with Crippen molar-refractivity contribution in [2.45, 2.75) is 6.92 Å². The molecule has 1 fully saturated rings. The van der Waals surface area contributed by atoms with Crippen LogP contribution in [0.3, 0.4) is 0 Å². The van der Waals surface area contributed by atoms with Crippen LogP contribution in [0.2, 0.25) is 10.0 Å². The van der Waals surface area contributed by atoms with Crippen molar-refractivity contribution in [3.8, 4) is 11.5 Å². The molecule has 0 radical (unpaired) electrons. The van der Waals surface area contributed by atoms with Gasteiger partial charge >= 0.3 is 0 Å². The summed E-state index contributed by atoms with van der Waals surface area (Å²) in [5, 5.41) is 10.00. The van der Waals surface area contributed by atoms with E-state index in [0.29, 0.717) is 10.8 Å². The highest BCUT2D eigenvalue weighted by atomic mass is 35.5. The number of aromatic hydroxyl groups is 1. The number of aryl methyl sites for hydroxylation is 1. The predicted molar refractivity (Wildman–Crippen MR) is 107 cm³/mol. The number of benzene rings is 2. The summed E-state index contributed by atoms with van der Waals surface area (Å²) in [6.07, 6.45) is 1.40. The van der Waals surface area contributed by atoms with E-state index < -0.39 is 11.1 Å². The molecule has 3 rings (SSSR count). The number of ether oxygens (including phenoxy) is 1. The lowest BCUT2D eigenvalue weighted by Crippen LogP contribution is -2.32. The highest BCUT2D eigenvalue weighted by Gasteiger charge is 2.35. The average Bonchev–Trinajstić information content (AvgIpc) is 2.88. The van der Waals surface area contributed by atoms with E-state index in [1.165, 1.54) is 18.2 Å². The second kappa shape index (κ2) is 8.25. The van der Waals surface area contributed by atoms with Gasteiger partial charge in [0.05, 0.1) is 16.5 Å². The van der Waals surface area contributed by atoms with Crippen molar-refractivity contribution in [1.82, 2.24) is 4.90 Å². The van der Waals surface area contributed by atoms with Gasteiger partial charge in [-0.2, -0.15) is 0 Å². The van der Waals surface area contributed by atoms with E-state index in [4.69, 9.17) is 27.9 Å². The Labute approximate surface area is 170 Å². The number of carbonyl (C=O) groups excluding carboxylic acids is 2. The maximum Gasteiger partial charge on any atom is 0.293 e. The summed E-state index contributed by atoms with van der Waals surface area (Å²) in [4.78, 5) is 25.9. The van der Waals surface area contributed by atoms with Crippen LogP contribution in [0.5, 0.6) is 11.5 Å². The Kier molecular flexibility index (Phi) is 5.99. The van der Waals surface area contributed by atoms with Crippen molar-refractivity contribution in [3.05, 3.63) is 62.5 Å². The van der Waals surface area contributed by atoms with Gasteiger partial charge in [-0.25, -0.2) is 0 Å². The number of hydrogen-bond donors (Lipinski definition) is 1. The summed E-state index contributed by atoms with van der Waals surface area (Å²) in [7, 11) is 0. The number of phenolic OH excluding ortho intramolecular Hbond substituents is 1. The molecule has 1 heterocycles. The lowest BCUT2D eigenvalue weighted by atomic mass is 10.2. The van der Waals surface area contributed by atoms with Crippen molar-refractivity contribution >= 4 is 52.2 Å². The van der Waals surface area contributed by atoms with Crippen LogP contribution in [-0.4, -0.2) is 34.3 Å². The van der Waals surface area contributed by atoms with Gasteiger partial charge in [-0.15, -0.1) is 0 Å². The van der Waals surface area contributed by atoms with E-state index in [0.717, 1.165) is 22.2 Å². The first-order chi connectivity index (χ1) is 12.8. The first-order valence-corrected chi connectivity index (χ1v) is 9.55. The maximum absolute atomic E-state index is 12.5. The number of halogens is 2. The van der Waals surface area contributed by atoms with Gasteiger partial charge in [0.1, 0.15) is 18.1 Å². The minimum absolute atomic E-state index is 0.0690. The molecule has 0 unspecified atom stereocenters. The molecule has 0 atom stereocenters. The maximum atomic E-state index is 12.5. The molecule has 2 aromatic carbocycles. The van der Waals surface area contributed by atoms with E-state index in [-0.39, 0.29) is 34.4 Å². The van der Waals surface area contributed by atoms with E-state index in [1.807, 2.05) is 31.2 Å². The smallest absolute Gasteiger partial charge is 0.293 e. The number of phenols is 1. The zero-order valence-corrected chi connectivity index (χ0v) is 16.6. The Morgan fingerprint density at radius 3 is 2.59 bits per heavy atom. The molecule has 0 aromatic heterocycles. The number of imide groups is 1. The molecule has 2 aromatic rings. The predicted octanol–water partition coefficient (Wildman–Crippen LogP) is 5.12. The third-order valence-corrected chi connectivity index (χ3v) is 5.24. The largest absolute Gasteiger partial charge is 0.506 e. The normalized spacial score (nSPS) is 15.7. The second-order valence-corrected chi connectivity index (χ2v) is 7.66. The third kappa shape index (κ3) is 4.58. The highest BCUT2D eigenvalue weighted by Crippen LogP contribution is 2.37. The molecule has 0 bridgehead atoms. The highest BCUT2D eigenvalue weighted by molar-refractivity contribution is 8.18. The van der Waals surface area contributed by atoms with Crippen LogP contribution in [0.15, 0.2) is 41.3 Å². The van der Waals surface area contributed by atoms with Gasteiger partial charge in [0.2, 0.25) is 0 Å². The fourth-order valence-electron chi connectivity index (χ4n) is 2.42. The molecule has 140 valence electrons. The number of carbonyl (C=O) groups is 2. The van der Waals surface area contributed by atoms with E-state index >= 15 is 0 Å². The van der Waals surface area contributed by atoms with Crippen molar-refractivity contribution in [2.24, 2.45) is 0 Å². The minimum atomic E-state index is -0.451. The fourth-order valence-corrected chi connectivity index (χ4v) is 3.78. The van der Waals surface area contributed by atoms with Crippen LogP contribution in [0, 0.1) is 6.92 Å². The quantitative estimate of drug-likeness (QED) is 0.675. The first-order valence-electron chi connectivity index (χ1n) is 7.98. The van der Waals surface area contributed by atoms with Crippen LogP contribution in [0.25, 0.3) is 6.08 Å². The average molecular weight is 424 g/mol. The standard InChI is InChI=1S/C19H15Cl2NO4S/c1-11-2-4-14(5-3-11)26-7-6-22-18(24)16(27-19(22)25)9-12-8-13(20)10-15(21)17(12)23/h2-5,8-10,23H,6-7H2,1H3/b16-9-. The fraction of sp³-hybridized carbons (Fsp3) is 0.158. The van der Waals surface area contributed by atoms with E-state index in [1.54, 1.807) is 0 Å². The SMILES string of the molecule is Cc1ccc(OCCN2C(=O)S/C(=C\c3cc(Cl)cc(Cl)c3O)C2=O)cc1. The lowest BCUT2D eigenvalue weighted by Gasteiger charge is -2.13. The van der Waals surface area contributed by atoms with Gasteiger partial charge in [-0.3, -0.25) is 14.5 Å². The summed E-state index contributed by atoms with van der Waals surface area (Å²) < 4.78 is 5.57. The van der Waals surface area contributed by atoms with E-state index in [9.17, 15) is 14.7 Å². The van der Waals surface area contributed by atoms with Crippen LogP contribution < -0.4 is 4.74 Å². The molecule has 0 aliphatic carbocycles. The number of thioether (sulfide) groups is 1. The minimum Gasteiger partial charge on any atom is -0.506 e. The van der Waals surface area contributed by atoms with Gasteiger partial charge < -0.3 is 9.84 Å². The Hall–Kier alpha value is -2.15. The molecule has 8 heteroatoms. The van der Waals surface area contributed by atoms with Crippen molar-refractivity contribution < 1.29 is 19.4 Å². The molecular formula is C19H15Cl2NO4S. The molecular weight excluding hydrogens is 409 g/mol. The zero-order chi connectivity index (χ0) is 19.6. The summed E-state index contributed by atoms with van der Waals surface area (Å²) in [5.41, 5.74) is 1.39. The Bertz CT molecular complexity index is 928. The summed E-state index contributed by atoms with van der Waals surface area (Å²) in [6.45, 7) is 2.28. The molecule has 1 saturated heterocycles.